The van der Waals surface area contributed by atoms with Crippen molar-refractivity contribution >= 4 is 38.4 Å². The Morgan fingerprint density at radius 3 is 2.77 bits per heavy atom. The summed E-state index contributed by atoms with van der Waals surface area (Å²) in [5.41, 5.74) is 0.606. The maximum atomic E-state index is 13.4. The molecule has 3 aromatic heterocycles. The van der Waals surface area contributed by atoms with Gasteiger partial charge in [0, 0.05) is 18.8 Å². The number of carbonyl (C=O) groups excluding carboxylic acids is 1. The average Bonchev–Trinajstić information content (AvgIpc) is 3.51. The van der Waals surface area contributed by atoms with Gasteiger partial charge in [0.1, 0.15) is 28.4 Å². The normalized spacial score (nSPS) is 13.8. The van der Waals surface area contributed by atoms with Crippen LogP contribution >= 0.6 is 11.3 Å². The van der Waals surface area contributed by atoms with Gasteiger partial charge in [-0.1, -0.05) is 17.4 Å². The van der Waals surface area contributed by atoms with E-state index in [0.29, 0.717) is 27.5 Å². The summed E-state index contributed by atoms with van der Waals surface area (Å²) < 4.78 is 20.2. The fourth-order valence-corrected chi connectivity index (χ4v) is 4.73. The van der Waals surface area contributed by atoms with Gasteiger partial charge in [0.2, 0.25) is 5.91 Å². The molecule has 8 nitrogen and oxygen atoms in total. The van der Waals surface area contributed by atoms with E-state index in [1.807, 2.05) is 0 Å². The van der Waals surface area contributed by atoms with E-state index in [1.165, 1.54) is 40.4 Å². The highest BCUT2D eigenvalue weighted by molar-refractivity contribution is 7.22. The van der Waals surface area contributed by atoms with Crippen molar-refractivity contribution < 1.29 is 13.6 Å². The third-order valence-electron chi connectivity index (χ3n) is 5.05. The third kappa shape index (κ3) is 3.81. The zero-order valence-electron chi connectivity index (χ0n) is 16.4. The first-order valence-corrected chi connectivity index (χ1v) is 10.7. The van der Waals surface area contributed by atoms with Gasteiger partial charge in [0.25, 0.3) is 0 Å². The number of aromatic nitrogens is 3. The molecule has 1 aliphatic rings. The first-order chi connectivity index (χ1) is 15.1. The standard InChI is InChI=1S/C21H18FN5O3S/c22-13-5-3-6-14(11-13)23-16(28)12-27-19-18(25-21(31-19)26-8-1-2-9-26)17(24-20(27)29)15-7-4-10-30-15/h3-7,10-11H,1-2,8-9,12H2,(H,23,28). The smallest absolute Gasteiger partial charge is 0.349 e. The molecule has 4 heterocycles. The predicted octanol–water partition coefficient (Wildman–Crippen LogP) is 3.49. The summed E-state index contributed by atoms with van der Waals surface area (Å²) in [6.07, 6.45) is 3.68. The molecule has 0 radical (unpaired) electrons. The number of nitrogens with one attached hydrogen (secondary N) is 1. The molecule has 5 rings (SSSR count). The SMILES string of the molecule is O=C(Cn1c(=O)nc(-c2ccco2)c2nc(N3CCCC3)sc21)Nc1cccc(F)c1. The topological polar surface area (TPSA) is 93.3 Å². The summed E-state index contributed by atoms with van der Waals surface area (Å²) in [4.78, 5) is 37.1. The van der Waals surface area contributed by atoms with Gasteiger partial charge in [0.05, 0.1) is 6.26 Å². The number of rotatable bonds is 5. The Kier molecular flexibility index (Phi) is 4.99. The van der Waals surface area contributed by atoms with Crippen LogP contribution in [0.3, 0.4) is 0 Å². The molecule has 0 unspecified atom stereocenters. The fraction of sp³-hybridized carbons (Fsp3) is 0.238. The number of thiazole rings is 1. The lowest BCUT2D eigenvalue weighted by molar-refractivity contribution is -0.116. The van der Waals surface area contributed by atoms with E-state index < -0.39 is 17.4 Å². The van der Waals surface area contributed by atoms with Crippen molar-refractivity contribution in [3.63, 3.8) is 0 Å². The lowest BCUT2D eigenvalue weighted by Gasteiger charge is -2.11. The molecule has 158 valence electrons. The van der Waals surface area contributed by atoms with Crippen LogP contribution in [-0.4, -0.2) is 33.5 Å². The number of anilines is 2. The summed E-state index contributed by atoms with van der Waals surface area (Å²) in [6.45, 7) is 1.53. The molecule has 1 aromatic carbocycles. The number of fused-ring (bicyclic) bond motifs is 1. The van der Waals surface area contributed by atoms with Crippen LogP contribution in [0, 0.1) is 5.82 Å². The molecule has 0 bridgehead atoms. The van der Waals surface area contributed by atoms with Gasteiger partial charge in [-0.2, -0.15) is 4.98 Å². The van der Waals surface area contributed by atoms with Gasteiger partial charge in [-0.25, -0.2) is 14.2 Å². The molecule has 31 heavy (non-hydrogen) atoms. The van der Waals surface area contributed by atoms with E-state index in [1.54, 1.807) is 18.2 Å². The predicted molar refractivity (Wildman–Crippen MR) is 116 cm³/mol. The Labute approximate surface area is 180 Å². The van der Waals surface area contributed by atoms with Crippen molar-refractivity contribution in [2.75, 3.05) is 23.3 Å². The molecular weight excluding hydrogens is 421 g/mol. The highest BCUT2D eigenvalue weighted by atomic mass is 32.1. The highest BCUT2D eigenvalue weighted by Gasteiger charge is 2.23. The molecule has 1 saturated heterocycles. The molecule has 1 aliphatic heterocycles. The zero-order valence-corrected chi connectivity index (χ0v) is 17.2. The monoisotopic (exact) mass is 439 g/mol. The minimum Gasteiger partial charge on any atom is -0.463 e. The van der Waals surface area contributed by atoms with Crippen LogP contribution in [0.1, 0.15) is 12.8 Å². The minimum absolute atomic E-state index is 0.265. The fourth-order valence-electron chi connectivity index (χ4n) is 3.61. The van der Waals surface area contributed by atoms with E-state index in [9.17, 15) is 14.0 Å². The molecule has 0 aliphatic carbocycles. The Morgan fingerprint density at radius 2 is 2.03 bits per heavy atom. The van der Waals surface area contributed by atoms with E-state index in [0.717, 1.165) is 31.1 Å². The lowest BCUT2D eigenvalue weighted by atomic mass is 10.3. The number of benzene rings is 1. The molecule has 1 fully saturated rings. The Balaban J connectivity index is 1.55. The van der Waals surface area contributed by atoms with E-state index >= 15 is 0 Å². The summed E-state index contributed by atoms with van der Waals surface area (Å²) >= 11 is 1.35. The van der Waals surface area contributed by atoms with Crippen LogP contribution in [0.4, 0.5) is 15.2 Å². The van der Waals surface area contributed by atoms with E-state index in [-0.39, 0.29) is 6.54 Å². The van der Waals surface area contributed by atoms with Gasteiger partial charge >= 0.3 is 5.69 Å². The summed E-state index contributed by atoms with van der Waals surface area (Å²) in [5.74, 6) is -0.478. The van der Waals surface area contributed by atoms with Crippen LogP contribution < -0.4 is 15.9 Å². The maximum Gasteiger partial charge on any atom is 0.349 e. The van der Waals surface area contributed by atoms with Crippen LogP contribution in [-0.2, 0) is 11.3 Å². The Hall–Kier alpha value is -3.53. The number of halogens is 1. The maximum absolute atomic E-state index is 13.4. The number of carbonyl (C=O) groups is 1. The molecule has 0 saturated carbocycles. The van der Waals surface area contributed by atoms with Gasteiger partial charge in [0.15, 0.2) is 10.9 Å². The molecular formula is C21H18FN5O3S. The van der Waals surface area contributed by atoms with Gasteiger partial charge in [-0.3, -0.25) is 9.36 Å². The highest BCUT2D eigenvalue weighted by Crippen LogP contribution is 2.34. The Bertz CT molecular complexity index is 1310. The number of hydrogen-bond acceptors (Lipinski definition) is 7. The first-order valence-electron chi connectivity index (χ1n) is 9.84. The van der Waals surface area contributed by atoms with Crippen LogP contribution in [0.25, 0.3) is 21.8 Å². The van der Waals surface area contributed by atoms with Crippen molar-refractivity contribution in [2.45, 2.75) is 19.4 Å². The van der Waals surface area contributed by atoms with E-state index in [4.69, 9.17) is 9.40 Å². The largest absolute Gasteiger partial charge is 0.463 e. The lowest BCUT2D eigenvalue weighted by Crippen LogP contribution is -2.29. The van der Waals surface area contributed by atoms with Crippen molar-refractivity contribution in [2.24, 2.45) is 0 Å². The second-order valence-electron chi connectivity index (χ2n) is 7.21. The van der Waals surface area contributed by atoms with Crippen LogP contribution in [0.15, 0.2) is 51.9 Å². The quantitative estimate of drug-likeness (QED) is 0.512. The summed E-state index contributed by atoms with van der Waals surface area (Å²) in [5, 5.41) is 3.40. The summed E-state index contributed by atoms with van der Waals surface area (Å²) in [6, 6.07) is 9.02. The van der Waals surface area contributed by atoms with Crippen LogP contribution in [0.2, 0.25) is 0 Å². The van der Waals surface area contributed by atoms with Crippen molar-refractivity contribution in [3.8, 4) is 11.5 Å². The number of hydrogen-bond donors (Lipinski definition) is 1. The molecule has 4 aromatic rings. The van der Waals surface area contributed by atoms with Gasteiger partial charge < -0.3 is 14.6 Å². The average molecular weight is 439 g/mol. The minimum atomic E-state index is -0.579. The number of nitrogens with zero attached hydrogens (tertiary/aromatic N) is 4. The molecule has 0 spiro atoms. The van der Waals surface area contributed by atoms with Crippen molar-refractivity contribution in [1.82, 2.24) is 14.5 Å². The van der Waals surface area contributed by atoms with Crippen molar-refractivity contribution in [1.29, 1.82) is 0 Å². The third-order valence-corrected chi connectivity index (χ3v) is 6.19. The molecule has 0 atom stereocenters. The molecule has 10 heteroatoms. The second kappa shape index (κ2) is 7.95. The van der Waals surface area contributed by atoms with Crippen molar-refractivity contribution in [3.05, 3.63) is 59.0 Å². The Morgan fingerprint density at radius 1 is 1.19 bits per heavy atom. The summed E-state index contributed by atoms with van der Waals surface area (Å²) in [7, 11) is 0. The van der Waals surface area contributed by atoms with Gasteiger partial charge in [-0.05, 0) is 43.2 Å². The zero-order chi connectivity index (χ0) is 21.4. The number of amides is 1. The second-order valence-corrected chi connectivity index (χ2v) is 8.17. The van der Waals surface area contributed by atoms with Gasteiger partial charge in [-0.15, -0.1) is 0 Å². The van der Waals surface area contributed by atoms with E-state index in [2.05, 4.69) is 15.2 Å². The number of furan rings is 1. The molecule has 1 N–H and O–H groups in total. The first kappa shape index (κ1) is 19.4. The molecule has 1 amide bonds. The van der Waals surface area contributed by atoms with Crippen LogP contribution in [0.5, 0.6) is 0 Å².